The van der Waals surface area contributed by atoms with Gasteiger partial charge >= 0.3 is 0 Å². The Morgan fingerprint density at radius 2 is 1.80 bits per heavy atom. The van der Waals surface area contributed by atoms with E-state index < -0.39 is 11.7 Å². The zero-order valence-electron chi connectivity index (χ0n) is 12.2. The molecule has 1 fully saturated rings. The van der Waals surface area contributed by atoms with Crippen LogP contribution in [0.15, 0.2) is 18.2 Å². The minimum absolute atomic E-state index is 0.533. The third-order valence-electron chi connectivity index (χ3n) is 4.34. The van der Waals surface area contributed by atoms with E-state index in [9.17, 15) is 5.11 Å². The number of aliphatic hydroxyl groups excluding tert-OH is 1. The van der Waals surface area contributed by atoms with E-state index in [1.807, 2.05) is 0 Å². The molecule has 0 radical (unpaired) electrons. The average Bonchev–Trinajstić information content (AvgIpc) is 2.72. The van der Waals surface area contributed by atoms with Crippen molar-refractivity contribution in [1.29, 1.82) is 0 Å². The highest BCUT2D eigenvalue weighted by molar-refractivity contribution is 6.30. The molecule has 0 amide bonds. The molecule has 1 N–H and O–H groups in total. The first kappa shape index (κ1) is 15.6. The van der Waals surface area contributed by atoms with E-state index in [0.717, 1.165) is 25.7 Å². The third kappa shape index (κ3) is 3.11. The Hall–Kier alpha value is -0.770. The van der Waals surface area contributed by atoms with Crippen LogP contribution in [-0.4, -0.2) is 24.9 Å². The second-order valence-electron chi connectivity index (χ2n) is 5.47. The summed E-state index contributed by atoms with van der Waals surface area (Å²) < 4.78 is 11.1. The molecule has 2 rings (SSSR count). The fourth-order valence-electron chi connectivity index (χ4n) is 3.12. The van der Waals surface area contributed by atoms with Crippen LogP contribution in [0, 0.1) is 0 Å². The molecule has 1 saturated carbocycles. The van der Waals surface area contributed by atoms with Gasteiger partial charge in [-0.1, -0.05) is 37.3 Å². The third-order valence-corrected chi connectivity index (χ3v) is 4.58. The van der Waals surface area contributed by atoms with E-state index in [4.69, 9.17) is 21.1 Å². The quantitative estimate of drug-likeness (QED) is 0.850. The Morgan fingerprint density at radius 1 is 1.15 bits per heavy atom. The minimum Gasteiger partial charge on any atom is -0.496 e. The van der Waals surface area contributed by atoms with E-state index in [2.05, 4.69) is 0 Å². The summed E-state index contributed by atoms with van der Waals surface area (Å²) in [6, 6.07) is 5.33. The predicted molar refractivity (Wildman–Crippen MR) is 80.4 cm³/mol. The van der Waals surface area contributed by atoms with Crippen molar-refractivity contribution in [1.82, 2.24) is 0 Å². The second-order valence-corrected chi connectivity index (χ2v) is 5.91. The number of benzene rings is 1. The smallest absolute Gasteiger partial charge is 0.124 e. The van der Waals surface area contributed by atoms with Crippen molar-refractivity contribution in [2.24, 2.45) is 0 Å². The standard InChI is InChI=1S/C16H23ClO3/c1-19-14-8-7-12(17)11-13(14)15(18)16(20-2)9-5-3-4-6-10-16/h7-8,11,15,18H,3-6,9-10H2,1-2H3. The van der Waals surface area contributed by atoms with E-state index in [-0.39, 0.29) is 0 Å². The molecule has 0 aliphatic heterocycles. The monoisotopic (exact) mass is 298 g/mol. The maximum Gasteiger partial charge on any atom is 0.124 e. The van der Waals surface area contributed by atoms with Crippen LogP contribution in [0.4, 0.5) is 0 Å². The second kappa shape index (κ2) is 6.79. The maximum absolute atomic E-state index is 10.9. The molecule has 1 unspecified atom stereocenters. The number of hydrogen-bond acceptors (Lipinski definition) is 3. The number of halogens is 1. The lowest BCUT2D eigenvalue weighted by atomic mass is 9.84. The van der Waals surface area contributed by atoms with Crippen molar-refractivity contribution in [3.05, 3.63) is 28.8 Å². The van der Waals surface area contributed by atoms with Crippen molar-refractivity contribution in [3.63, 3.8) is 0 Å². The Morgan fingerprint density at radius 3 is 2.35 bits per heavy atom. The van der Waals surface area contributed by atoms with Gasteiger partial charge in [-0.25, -0.2) is 0 Å². The molecule has 1 aromatic carbocycles. The van der Waals surface area contributed by atoms with Crippen molar-refractivity contribution < 1.29 is 14.6 Å². The molecule has 1 atom stereocenters. The van der Waals surface area contributed by atoms with Gasteiger partial charge < -0.3 is 14.6 Å². The highest BCUT2D eigenvalue weighted by atomic mass is 35.5. The molecule has 20 heavy (non-hydrogen) atoms. The summed E-state index contributed by atoms with van der Waals surface area (Å²) in [5.41, 5.74) is 0.179. The Bertz CT molecular complexity index is 439. The van der Waals surface area contributed by atoms with Crippen LogP contribution in [0.3, 0.4) is 0 Å². The molecule has 4 heteroatoms. The van der Waals surface area contributed by atoms with Crippen LogP contribution in [0.1, 0.15) is 50.2 Å². The zero-order valence-corrected chi connectivity index (χ0v) is 12.9. The van der Waals surface area contributed by atoms with Crippen LogP contribution < -0.4 is 4.74 Å². The van der Waals surface area contributed by atoms with Crippen LogP contribution in [0.2, 0.25) is 5.02 Å². The number of rotatable bonds is 4. The van der Waals surface area contributed by atoms with Gasteiger partial charge in [0, 0.05) is 17.7 Å². The number of aliphatic hydroxyl groups is 1. The summed E-state index contributed by atoms with van der Waals surface area (Å²) in [6.45, 7) is 0. The Kier molecular flexibility index (Phi) is 5.30. The van der Waals surface area contributed by atoms with Gasteiger partial charge in [-0.15, -0.1) is 0 Å². The highest BCUT2D eigenvalue weighted by Gasteiger charge is 2.40. The molecular formula is C16H23ClO3. The van der Waals surface area contributed by atoms with Gasteiger partial charge in [0.25, 0.3) is 0 Å². The Balaban J connectivity index is 2.36. The predicted octanol–water partition coefficient (Wildman–Crippen LogP) is 4.12. The molecule has 0 heterocycles. The number of methoxy groups -OCH3 is 2. The highest BCUT2D eigenvalue weighted by Crippen LogP contribution is 2.43. The molecule has 1 aliphatic carbocycles. The van der Waals surface area contributed by atoms with Crippen LogP contribution >= 0.6 is 11.6 Å². The fourth-order valence-corrected chi connectivity index (χ4v) is 3.30. The topological polar surface area (TPSA) is 38.7 Å². The summed E-state index contributed by atoms with van der Waals surface area (Å²) in [5.74, 6) is 0.655. The average molecular weight is 299 g/mol. The van der Waals surface area contributed by atoms with Crippen molar-refractivity contribution >= 4 is 11.6 Å². The van der Waals surface area contributed by atoms with Crippen LogP contribution in [0.5, 0.6) is 5.75 Å². The van der Waals surface area contributed by atoms with Crippen molar-refractivity contribution in [2.45, 2.75) is 50.2 Å². The van der Waals surface area contributed by atoms with Gasteiger partial charge in [0.05, 0.1) is 12.7 Å². The van der Waals surface area contributed by atoms with Gasteiger partial charge in [-0.05, 0) is 31.0 Å². The summed E-state index contributed by atoms with van der Waals surface area (Å²) >= 11 is 6.07. The lowest BCUT2D eigenvalue weighted by Gasteiger charge is -2.37. The molecule has 1 aliphatic rings. The molecule has 3 nitrogen and oxygen atoms in total. The first-order chi connectivity index (χ1) is 9.63. The van der Waals surface area contributed by atoms with Crippen molar-refractivity contribution in [3.8, 4) is 5.75 Å². The van der Waals surface area contributed by atoms with Gasteiger partial charge in [-0.3, -0.25) is 0 Å². The summed E-state index contributed by atoms with van der Waals surface area (Å²) in [6.07, 6.45) is 5.55. The largest absolute Gasteiger partial charge is 0.496 e. The number of ether oxygens (including phenoxy) is 2. The molecular weight excluding hydrogens is 276 g/mol. The SMILES string of the molecule is COc1ccc(Cl)cc1C(O)C1(OC)CCCCCC1. The number of hydrogen-bond donors (Lipinski definition) is 1. The van der Waals surface area contributed by atoms with E-state index >= 15 is 0 Å². The van der Waals surface area contributed by atoms with Gasteiger partial charge in [0.15, 0.2) is 0 Å². The zero-order chi connectivity index (χ0) is 14.6. The summed E-state index contributed by atoms with van der Waals surface area (Å²) in [4.78, 5) is 0. The van der Waals surface area contributed by atoms with E-state index in [1.165, 1.54) is 12.8 Å². The van der Waals surface area contributed by atoms with Crippen molar-refractivity contribution in [2.75, 3.05) is 14.2 Å². The van der Waals surface area contributed by atoms with Crippen LogP contribution in [-0.2, 0) is 4.74 Å². The first-order valence-electron chi connectivity index (χ1n) is 7.19. The van der Waals surface area contributed by atoms with E-state index in [0.29, 0.717) is 16.3 Å². The maximum atomic E-state index is 10.9. The molecule has 0 saturated heterocycles. The minimum atomic E-state index is -0.723. The fraction of sp³-hybridized carbons (Fsp3) is 0.625. The summed E-state index contributed by atoms with van der Waals surface area (Å²) in [5, 5.41) is 11.5. The lowest BCUT2D eigenvalue weighted by Crippen LogP contribution is -2.38. The Labute approximate surface area is 125 Å². The molecule has 1 aromatic rings. The van der Waals surface area contributed by atoms with E-state index in [1.54, 1.807) is 32.4 Å². The molecule has 0 aromatic heterocycles. The first-order valence-corrected chi connectivity index (χ1v) is 7.57. The molecule has 0 spiro atoms. The summed E-state index contributed by atoms with van der Waals surface area (Å²) in [7, 11) is 3.29. The normalized spacial score (nSPS) is 20.2. The van der Waals surface area contributed by atoms with Crippen LogP contribution in [0.25, 0.3) is 0 Å². The lowest BCUT2D eigenvalue weighted by molar-refractivity contribution is -0.114. The van der Waals surface area contributed by atoms with Gasteiger partial charge in [-0.2, -0.15) is 0 Å². The van der Waals surface area contributed by atoms with Gasteiger partial charge in [0.2, 0.25) is 0 Å². The van der Waals surface area contributed by atoms with Gasteiger partial charge in [0.1, 0.15) is 11.9 Å². The molecule has 0 bridgehead atoms. The molecule has 112 valence electrons.